The molecule has 36 heavy (non-hydrogen) atoms. The topological polar surface area (TPSA) is 41.6 Å². The van der Waals surface area contributed by atoms with E-state index in [1.807, 2.05) is 39.5 Å². The number of unbranched alkanes of at least 4 members (excludes halogenated alkanes) is 1. The van der Waals surface area contributed by atoms with Gasteiger partial charge in [-0.05, 0) is 94.1 Å². The van der Waals surface area contributed by atoms with Gasteiger partial charge >= 0.3 is 0 Å². The van der Waals surface area contributed by atoms with E-state index in [0.29, 0.717) is 6.10 Å². The molecule has 1 saturated heterocycles. The number of hydrogen-bond acceptors (Lipinski definition) is 4. The largest absolute Gasteiger partial charge is 0.490 e. The van der Waals surface area contributed by atoms with Crippen LogP contribution in [0.4, 0.5) is 0 Å². The number of piperidine rings is 1. The van der Waals surface area contributed by atoms with Crippen LogP contribution >= 0.6 is 11.8 Å². The van der Waals surface area contributed by atoms with Crippen molar-refractivity contribution in [2.75, 3.05) is 31.9 Å². The van der Waals surface area contributed by atoms with Gasteiger partial charge in [-0.3, -0.25) is 4.79 Å². The molecule has 1 heterocycles. The van der Waals surface area contributed by atoms with Gasteiger partial charge in [0.1, 0.15) is 11.9 Å². The lowest BCUT2D eigenvalue weighted by Gasteiger charge is -2.32. The molecule has 5 heteroatoms. The minimum Gasteiger partial charge on any atom is -0.490 e. The lowest BCUT2D eigenvalue weighted by atomic mass is 10.1. The lowest BCUT2D eigenvalue weighted by molar-refractivity contribution is -0.109. The van der Waals surface area contributed by atoms with E-state index in [1.165, 1.54) is 21.6 Å². The average molecular weight is 517 g/mol. The normalized spacial score (nSPS) is 13.1. The number of nitrogens with one attached hydrogen (secondary N) is 1. The van der Waals surface area contributed by atoms with E-state index in [9.17, 15) is 4.79 Å². The summed E-state index contributed by atoms with van der Waals surface area (Å²) in [5.74, 6) is 2.16. The molecule has 1 amide bonds. The van der Waals surface area contributed by atoms with Crippen LogP contribution in [0, 0.1) is 20.8 Å². The molecule has 0 spiro atoms. The van der Waals surface area contributed by atoms with Crippen molar-refractivity contribution in [3.8, 4) is 5.75 Å². The predicted octanol–water partition coefficient (Wildman–Crippen LogP) is 7.83. The maximum absolute atomic E-state index is 10.2. The van der Waals surface area contributed by atoms with Gasteiger partial charge in [0.15, 0.2) is 0 Å². The number of carbonyl (C=O) groups is 1. The van der Waals surface area contributed by atoms with Gasteiger partial charge in [-0.25, -0.2) is 0 Å². The monoisotopic (exact) mass is 516 g/mol. The maximum atomic E-state index is 10.2. The second-order valence-corrected chi connectivity index (χ2v) is 9.77. The molecular formula is C31H52N2O2S. The van der Waals surface area contributed by atoms with Crippen molar-refractivity contribution in [3.63, 3.8) is 0 Å². The van der Waals surface area contributed by atoms with Crippen LogP contribution in [0.5, 0.6) is 5.75 Å². The maximum Gasteiger partial charge on any atom is 0.207 e. The molecule has 2 aromatic carbocycles. The van der Waals surface area contributed by atoms with E-state index in [1.54, 1.807) is 0 Å². The Balaban J connectivity index is 0.000000730. The highest BCUT2D eigenvalue weighted by atomic mass is 32.2. The zero-order valence-corrected chi connectivity index (χ0v) is 25.0. The quantitative estimate of drug-likeness (QED) is 0.198. The molecule has 0 saturated carbocycles. The third-order valence-corrected chi connectivity index (χ3v) is 6.67. The minimum atomic E-state index is 0.343. The molecule has 1 aliphatic heterocycles. The second-order valence-electron chi connectivity index (χ2n) is 8.43. The van der Waals surface area contributed by atoms with Gasteiger partial charge in [-0.2, -0.15) is 0 Å². The molecule has 0 atom stereocenters. The van der Waals surface area contributed by atoms with E-state index < -0.39 is 0 Å². The molecule has 2 aromatic rings. The SMILES string of the molecule is CC.CC.CCSc1ccc(C)cc1.Cc1ccc(OC2CCN(CCCCNC=O)CC2)cc1C. The Morgan fingerprint density at radius 2 is 1.58 bits per heavy atom. The van der Waals surface area contributed by atoms with Crippen LogP contribution < -0.4 is 10.1 Å². The zero-order valence-electron chi connectivity index (χ0n) is 24.2. The number of ether oxygens (including phenoxy) is 1. The lowest BCUT2D eigenvalue weighted by Crippen LogP contribution is -2.38. The Morgan fingerprint density at radius 1 is 0.944 bits per heavy atom. The van der Waals surface area contributed by atoms with E-state index in [-0.39, 0.29) is 0 Å². The third kappa shape index (κ3) is 15.2. The summed E-state index contributed by atoms with van der Waals surface area (Å²) in [5, 5.41) is 2.71. The molecule has 1 aliphatic rings. The number of carbonyl (C=O) groups excluding carboxylic acids is 1. The summed E-state index contributed by atoms with van der Waals surface area (Å²) >= 11 is 1.88. The molecule has 0 radical (unpaired) electrons. The molecular weight excluding hydrogens is 464 g/mol. The second kappa shape index (κ2) is 22.2. The van der Waals surface area contributed by atoms with Gasteiger partial charge in [0, 0.05) is 24.5 Å². The first kappa shape index (κ1) is 34.0. The fourth-order valence-corrected chi connectivity index (χ4v) is 4.31. The van der Waals surface area contributed by atoms with E-state index in [0.717, 1.165) is 69.8 Å². The summed E-state index contributed by atoms with van der Waals surface area (Å²) in [4.78, 5) is 14.0. The van der Waals surface area contributed by atoms with Crippen molar-refractivity contribution in [3.05, 3.63) is 59.2 Å². The van der Waals surface area contributed by atoms with Gasteiger partial charge in [0.2, 0.25) is 6.41 Å². The van der Waals surface area contributed by atoms with Gasteiger partial charge in [0.05, 0.1) is 0 Å². The Kier molecular flexibility index (Phi) is 21.0. The summed E-state index contributed by atoms with van der Waals surface area (Å²) in [6.45, 7) is 20.7. The van der Waals surface area contributed by atoms with E-state index >= 15 is 0 Å². The van der Waals surface area contributed by atoms with Crippen molar-refractivity contribution in [2.45, 2.75) is 92.1 Å². The molecule has 0 aromatic heterocycles. The minimum absolute atomic E-state index is 0.343. The number of nitrogens with zero attached hydrogens (tertiary/aromatic N) is 1. The van der Waals surface area contributed by atoms with Crippen LogP contribution in [-0.2, 0) is 4.79 Å². The highest BCUT2D eigenvalue weighted by Crippen LogP contribution is 2.22. The molecule has 204 valence electrons. The average Bonchev–Trinajstić information content (AvgIpc) is 2.91. The first-order chi connectivity index (χ1) is 17.5. The molecule has 0 unspecified atom stereocenters. The number of likely N-dealkylation sites (tertiary alicyclic amines) is 1. The number of amides is 1. The molecule has 1 N–H and O–H groups in total. The number of rotatable bonds is 10. The summed E-state index contributed by atoms with van der Waals surface area (Å²) in [5.41, 5.74) is 3.94. The standard InChI is InChI=1S/C18H28N2O2.C9H12S.2C2H6/c1-15-5-6-18(13-16(15)2)22-17-7-11-20(12-8-17)10-4-3-9-19-14-21;1-3-10-9-6-4-8(2)5-7-9;2*1-2/h5-6,13-14,17H,3-4,7-12H2,1-2H3,(H,19,21);4-7H,3H2,1-2H3;2*1-2H3. The van der Waals surface area contributed by atoms with Gasteiger partial charge in [-0.1, -0.05) is 58.4 Å². The summed E-state index contributed by atoms with van der Waals surface area (Å²) in [7, 11) is 0. The Labute approximate surface area is 226 Å². The molecule has 3 rings (SSSR count). The highest BCUT2D eigenvalue weighted by molar-refractivity contribution is 7.99. The summed E-state index contributed by atoms with van der Waals surface area (Å²) in [6.07, 6.45) is 5.51. The van der Waals surface area contributed by atoms with Crippen LogP contribution in [0.15, 0.2) is 47.4 Å². The first-order valence-corrected chi connectivity index (χ1v) is 14.8. The third-order valence-electron chi connectivity index (χ3n) is 5.78. The van der Waals surface area contributed by atoms with Gasteiger partial charge in [0.25, 0.3) is 0 Å². The van der Waals surface area contributed by atoms with Crippen molar-refractivity contribution < 1.29 is 9.53 Å². The summed E-state index contributed by atoms with van der Waals surface area (Å²) < 4.78 is 6.12. The molecule has 4 nitrogen and oxygen atoms in total. The van der Waals surface area contributed by atoms with Gasteiger partial charge < -0.3 is 15.0 Å². The highest BCUT2D eigenvalue weighted by Gasteiger charge is 2.20. The van der Waals surface area contributed by atoms with E-state index in [2.05, 4.69) is 80.4 Å². The van der Waals surface area contributed by atoms with Gasteiger partial charge in [-0.15, -0.1) is 11.8 Å². The fraction of sp³-hybridized carbons (Fsp3) is 0.581. The van der Waals surface area contributed by atoms with Crippen molar-refractivity contribution in [2.24, 2.45) is 0 Å². The van der Waals surface area contributed by atoms with Crippen molar-refractivity contribution in [1.82, 2.24) is 10.2 Å². The number of hydrogen-bond donors (Lipinski definition) is 1. The van der Waals surface area contributed by atoms with Crippen molar-refractivity contribution >= 4 is 18.2 Å². The molecule has 0 bridgehead atoms. The summed E-state index contributed by atoms with van der Waals surface area (Å²) in [6, 6.07) is 15.0. The van der Waals surface area contributed by atoms with Crippen LogP contribution in [0.2, 0.25) is 0 Å². The predicted molar refractivity (Wildman–Crippen MR) is 160 cm³/mol. The number of aryl methyl sites for hydroxylation is 3. The zero-order chi connectivity index (χ0) is 27.2. The number of benzene rings is 2. The Morgan fingerprint density at radius 3 is 2.14 bits per heavy atom. The first-order valence-electron chi connectivity index (χ1n) is 13.8. The van der Waals surface area contributed by atoms with E-state index in [4.69, 9.17) is 4.74 Å². The molecule has 0 aliphatic carbocycles. The van der Waals surface area contributed by atoms with Crippen LogP contribution in [0.3, 0.4) is 0 Å². The van der Waals surface area contributed by atoms with Crippen molar-refractivity contribution in [1.29, 1.82) is 0 Å². The Hall–Kier alpha value is -1.98. The fourth-order valence-electron chi connectivity index (χ4n) is 3.65. The van der Waals surface area contributed by atoms with Crippen LogP contribution in [-0.4, -0.2) is 49.3 Å². The Bertz CT molecular complexity index is 788. The van der Waals surface area contributed by atoms with Crippen LogP contribution in [0.1, 0.15) is 77.0 Å². The van der Waals surface area contributed by atoms with Crippen LogP contribution in [0.25, 0.3) is 0 Å². The number of thioether (sulfide) groups is 1. The molecule has 1 fully saturated rings. The smallest absolute Gasteiger partial charge is 0.207 e.